The van der Waals surface area contributed by atoms with E-state index in [1.807, 2.05) is 65.2 Å². The van der Waals surface area contributed by atoms with Crippen molar-refractivity contribution in [2.75, 3.05) is 0 Å². The average molecular weight is 353 g/mol. The van der Waals surface area contributed by atoms with Gasteiger partial charge in [-0.3, -0.25) is 4.57 Å². The van der Waals surface area contributed by atoms with Gasteiger partial charge in [-0.15, -0.1) is 15.3 Å². The van der Waals surface area contributed by atoms with Gasteiger partial charge in [-0.2, -0.15) is 4.68 Å². The highest BCUT2D eigenvalue weighted by atomic mass is 33.1. The van der Waals surface area contributed by atoms with Crippen LogP contribution in [0.2, 0.25) is 0 Å². The maximum Gasteiger partial charge on any atom is 0.225 e. The number of aromatic nitrogens is 7. The average Bonchev–Trinajstić information content (AvgIpc) is 3.30. The van der Waals surface area contributed by atoms with E-state index in [-0.39, 0.29) is 0 Å². The summed E-state index contributed by atoms with van der Waals surface area (Å²) < 4.78 is 3.62. The third kappa shape index (κ3) is 3.03. The zero-order valence-electron chi connectivity index (χ0n) is 12.3. The lowest BCUT2D eigenvalue weighted by Gasteiger charge is -2.05. The van der Waals surface area contributed by atoms with Gasteiger partial charge in [0.15, 0.2) is 0 Å². The lowest BCUT2D eigenvalue weighted by molar-refractivity contribution is 0.757. The third-order valence-electron chi connectivity index (χ3n) is 3.18. The molecule has 7 nitrogen and oxygen atoms in total. The first-order chi connectivity index (χ1) is 11.9. The Hall–Kier alpha value is -2.65. The number of tetrazole rings is 1. The summed E-state index contributed by atoms with van der Waals surface area (Å²) in [7, 11) is 2.89. The molecular formula is C15H11N7S2. The Kier molecular flexibility index (Phi) is 4.26. The molecule has 118 valence electrons. The summed E-state index contributed by atoms with van der Waals surface area (Å²) in [6, 6.07) is 19.7. The molecule has 0 fully saturated rings. The first kappa shape index (κ1) is 14.9. The van der Waals surface area contributed by atoms with E-state index >= 15 is 0 Å². The molecular weight excluding hydrogens is 342 g/mol. The second-order valence-corrected chi connectivity index (χ2v) is 6.76. The second kappa shape index (κ2) is 6.85. The SMILES string of the molecule is c1ccc(-n2cnnc2SSc2nnnn2-c2ccccc2)cc1. The zero-order valence-corrected chi connectivity index (χ0v) is 13.9. The molecule has 2 aromatic carbocycles. The molecule has 0 aliphatic carbocycles. The predicted molar refractivity (Wildman–Crippen MR) is 92.2 cm³/mol. The summed E-state index contributed by atoms with van der Waals surface area (Å²) in [5, 5.41) is 21.5. The number of hydrogen-bond donors (Lipinski definition) is 0. The van der Waals surface area contributed by atoms with Crippen LogP contribution in [-0.2, 0) is 0 Å². The van der Waals surface area contributed by atoms with Crippen LogP contribution in [0.15, 0.2) is 77.3 Å². The Morgan fingerprint density at radius 1 is 0.708 bits per heavy atom. The van der Waals surface area contributed by atoms with Crippen LogP contribution < -0.4 is 0 Å². The summed E-state index contributed by atoms with van der Waals surface area (Å²) in [6.45, 7) is 0. The fourth-order valence-corrected chi connectivity index (χ4v) is 3.93. The van der Waals surface area contributed by atoms with Crippen LogP contribution in [0, 0.1) is 0 Å². The highest BCUT2D eigenvalue weighted by molar-refractivity contribution is 8.76. The van der Waals surface area contributed by atoms with Crippen LogP contribution in [0.25, 0.3) is 11.4 Å². The van der Waals surface area contributed by atoms with E-state index in [1.165, 1.54) is 21.6 Å². The lowest BCUT2D eigenvalue weighted by Crippen LogP contribution is -1.98. The van der Waals surface area contributed by atoms with Crippen LogP contribution in [0.5, 0.6) is 0 Å². The number of hydrogen-bond acceptors (Lipinski definition) is 7. The summed E-state index contributed by atoms with van der Waals surface area (Å²) in [5.74, 6) is 0. The minimum atomic E-state index is 0.675. The molecule has 24 heavy (non-hydrogen) atoms. The van der Waals surface area contributed by atoms with Crippen molar-refractivity contribution in [3.05, 3.63) is 67.0 Å². The van der Waals surface area contributed by atoms with E-state index in [4.69, 9.17) is 0 Å². The van der Waals surface area contributed by atoms with Gasteiger partial charge in [0, 0.05) is 5.69 Å². The molecule has 0 amide bonds. The van der Waals surface area contributed by atoms with E-state index in [0.717, 1.165) is 16.5 Å². The van der Waals surface area contributed by atoms with Gasteiger partial charge in [0.2, 0.25) is 10.3 Å². The van der Waals surface area contributed by atoms with Crippen molar-refractivity contribution in [1.82, 2.24) is 35.0 Å². The monoisotopic (exact) mass is 353 g/mol. The summed E-state index contributed by atoms with van der Waals surface area (Å²) in [4.78, 5) is 0. The highest BCUT2D eigenvalue weighted by Crippen LogP contribution is 2.36. The molecule has 0 unspecified atom stereocenters. The maximum atomic E-state index is 4.17. The summed E-state index contributed by atoms with van der Waals surface area (Å²) in [6.07, 6.45) is 1.69. The fourth-order valence-electron chi connectivity index (χ4n) is 2.08. The van der Waals surface area contributed by atoms with Crippen molar-refractivity contribution in [3.8, 4) is 11.4 Å². The molecule has 0 bridgehead atoms. The maximum absolute atomic E-state index is 4.17. The van der Waals surface area contributed by atoms with Crippen LogP contribution in [0.4, 0.5) is 0 Å². The Morgan fingerprint density at radius 2 is 1.38 bits per heavy atom. The van der Waals surface area contributed by atoms with Gasteiger partial charge in [-0.25, -0.2) is 0 Å². The Balaban J connectivity index is 1.56. The molecule has 0 spiro atoms. The van der Waals surface area contributed by atoms with E-state index in [0.29, 0.717) is 5.16 Å². The molecule has 0 N–H and O–H groups in total. The van der Waals surface area contributed by atoms with Gasteiger partial charge >= 0.3 is 0 Å². The Labute approximate surface area is 145 Å². The van der Waals surface area contributed by atoms with Gasteiger partial charge in [-0.05, 0) is 56.3 Å². The molecule has 4 rings (SSSR count). The second-order valence-electron chi connectivity index (χ2n) is 4.69. The lowest BCUT2D eigenvalue weighted by atomic mass is 10.3. The molecule has 9 heteroatoms. The Bertz CT molecular complexity index is 843. The molecule has 0 atom stereocenters. The normalized spacial score (nSPS) is 10.8. The summed E-state index contributed by atoms with van der Waals surface area (Å²) >= 11 is 0. The molecule has 0 aliphatic rings. The third-order valence-corrected chi connectivity index (χ3v) is 5.24. The quantitative estimate of drug-likeness (QED) is 0.511. The minimum Gasteiger partial charge on any atom is -0.276 e. The van der Waals surface area contributed by atoms with E-state index in [9.17, 15) is 0 Å². The molecule has 0 saturated carbocycles. The first-order valence-corrected chi connectivity index (χ1v) is 9.20. The van der Waals surface area contributed by atoms with Gasteiger partial charge in [0.25, 0.3) is 0 Å². The molecule has 0 aliphatic heterocycles. The van der Waals surface area contributed by atoms with Crippen LogP contribution >= 0.6 is 21.6 Å². The van der Waals surface area contributed by atoms with Crippen molar-refractivity contribution in [2.24, 2.45) is 0 Å². The smallest absolute Gasteiger partial charge is 0.225 e. The van der Waals surface area contributed by atoms with Crippen molar-refractivity contribution in [3.63, 3.8) is 0 Å². The van der Waals surface area contributed by atoms with E-state index in [1.54, 1.807) is 11.0 Å². The number of para-hydroxylation sites is 2. The predicted octanol–water partition coefficient (Wildman–Crippen LogP) is 3.04. The fraction of sp³-hybridized carbons (Fsp3) is 0. The largest absolute Gasteiger partial charge is 0.276 e. The van der Waals surface area contributed by atoms with Crippen LogP contribution in [-0.4, -0.2) is 35.0 Å². The van der Waals surface area contributed by atoms with Gasteiger partial charge in [0.05, 0.1) is 5.69 Å². The topological polar surface area (TPSA) is 74.3 Å². The van der Waals surface area contributed by atoms with Crippen molar-refractivity contribution < 1.29 is 0 Å². The highest BCUT2D eigenvalue weighted by Gasteiger charge is 2.13. The summed E-state index contributed by atoms with van der Waals surface area (Å²) in [5.41, 5.74) is 1.92. The minimum absolute atomic E-state index is 0.675. The number of benzene rings is 2. The van der Waals surface area contributed by atoms with Crippen molar-refractivity contribution in [2.45, 2.75) is 10.3 Å². The number of nitrogens with zero attached hydrogens (tertiary/aromatic N) is 7. The van der Waals surface area contributed by atoms with E-state index < -0.39 is 0 Å². The van der Waals surface area contributed by atoms with Gasteiger partial charge < -0.3 is 0 Å². The molecule has 4 aromatic rings. The molecule has 2 heterocycles. The number of rotatable bonds is 5. The van der Waals surface area contributed by atoms with E-state index in [2.05, 4.69) is 25.7 Å². The molecule has 0 saturated heterocycles. The molecule has 0 radical (unpaired) electrons. The van der Waals surface area contributed by atoms with Gasteiger partial charge in [0.1, 0.15) is 6.33 Å². The van der Waals surface area contributed by atoms with Gasteiger partial charge in [-0.1, -0.05) is 36.4 Å². The van der Waals surface area contributed by atoms with Crippen molar-refractivity contribution >= 4 is 21.6 Å². The van der Waals surface area contributed by atoms with Crippen LogP contribution in [0.3, 0.4) is 0 Å². The zero-order chi connectivity index (χ0) is 16.2. The van der Waals surface area contributed by atoms with Crippen LogP contribution in [0.1, 0.15) is 0 Å². The Morgan fingerprint density at radius 3 is 2.12 bits per heavy atom. The van der Waals surface area contributed by atoms with Crippen molar-refractivity contribution in [1.29, 1.82) is 0 Å². The molecule has 2 aromatic heterocycles. The first-order valence-electron chi connectivity index (χ1n) is 7.05. The standard InChI is InChI=1S/C15H11N7S2/c1-3-7-12(8-4-1)21-11-16-17-14(21)23-24-15-18-19-20-22(15)13-9-5-2-6-10-13/h1-11H.